The zero-order valence-corrected chi connectivity index (χ0v) is 15.0. The molecule has 1 atom stereocenters. The van der Waals surface area contributed by atoms with Gasteiger partial charge in [-0.25, -0.2) is 0 Å². The van der Waals surface area contributed by atoms with Crippen molar-refractivity contribution in [1.29, 1.82) is 0 Å². The van der Waals surface area contributed by atoms with Crippen molar-refractivity contribution in [2.45, 2.75) is 37.0 Å². The molecule has 0 aliphatic heterocycles. The van der Waals surface area contributed by atoms with Crippen LogP contribution in [-0.4, -0.2) is 22.8 Å². The lowest BCUT2D eigenvalue weighted by molar-refractivity contribution is 0.785. The number of hydrogen-bond acceptors (Lipinski definition) is 3. The summed E-state index contributed by atoms with van der Waals surface area (Å²) in [5.74, 6) is 3.32. The fraction of sp³-hybridized carbons (Fsp3) is 0.375. The van der Waals surface area contributed by atoms with Gasteiger partial charge in [-0.3, -0.25) is 0 Å². The summed E-state index contributed by atoms with van der Waals surface area (Å²) in [6.45, 7) is 8.97. The number of aryl methyl sites for hydroxylation is 1. The molecule has 0 bridgehead atoms. The van der Waals surface area contributed by atoms with Gasteiger partial charge in [0.1, 0.15) is 14.4 Å². The Hall–Kier alpha value is -1.51. The van der Waals surface area contributed by atoms with Gasteiger partial charge in [0.25, 0.3) is 0 Å². The van der Waals surface area contributed by atoms with Gasteiger partial charge in [0, 0.05) is 17.9 Å². The number of hydrogen-bond donors (Lipinski definition) is 0. The fourth-order valence-corrected chi connectivity index (χ4v) is 3.16. The molecule has 0 saturated heterocycles. The molecule has 0 spiro atoms. The summed E-state index contributed by atoms with van der Waals surface area (Å²) in [7, 11) is 0.631. The molecule has 0 saturated carbocycles. The molecule has 1 aromatic carbocycles. The Morgan fingerprint density at radius 3 is 2.67 bits per heavy atom. The van der Waals surface area contributed by atoms with E-state index < -0.39 is 8.07 Å². The quantitative estimate of drug-likeness (QED) is 0.489. The Morgan fingerprint density at radius 1 is 1.29 bits per heavy atom. The summed E-state index contributed by atoms with van der Waals surface area (Å²) in [5.41, 5.74) is 5.78. The van der Waals surface area contributed by atoms with E-state index in [0.717, 1.165) is 10.7 Å². The second-order valence-corrected chi connectivity index (χ2v) is 12.2. The third-order valence-electron chi connectivity index (χ3n) is 2.89. The van der Waals surface area contributed by atoms with Crippen molar-refractivity contribution in [2.24, 2.45) is 7.05 Å². The van der Waals surface area contributed by atoms with E-state index in [4.69, 9.17) is 0 Å². The van der Waals surface area contributed by atoms with Crippen LogP contribution in [0.4, 0.5) is 0 Å². The molecule has 1 unspecified atom stereocenters. The highest BCUT2D eigenvalue weighted by Gasteiger charge is 2.12. The molecule has 2 rings (SSSR count). The minimum Gasteiger partial charge on any atom is -0.312 e. The molecule has 2 aromatic rings. The number of nitrogens with zero attached hydrogens (tertiary/aromatic N) is 3. The number of aromatic nitrogens is 3. The van der Waals surface area contributed by atoms with E-state index in [-0.39, 0.29) is 0 Å². The predicted molar refractivity (Wildman–Crippen MR) is 91.9 cm³/mol. The van der Waals surface area contributed by atoms with Crippen molar-refractivity contribution in [1.82, 2.24) is 14.8 Å². The largest absolute Gasteiger partial charge is 0.312 e. The van der Waals surface area contributed by atoms with Gasteiger partial charge in [0.15, 0.2) is 5.16 Å². The monoisotopic (exact) mass is 315 g/mol. The van der Waals surface area contributed by atoms with Gasteiger partial charge in [0.05, 0.1) is 0 Å². The average molecular weight is 316 g/mol. The standard InChI is InChI=1S/C16H21N3SSi/c1-13(20-16-18-17-12-19(16)2)15-8-6-7-14(11-15)9-10-21(3,4)5/h6-8,11-13H,1-5H3. The first-order valence-corrected chi connectivity index (χ1v) is 11.4. The van der Waals surface area contributed by atoms with E-state index in [1.54, 1.807) is 18.1 Å². The molecule has 0 fully saturated rings. The summed E-state index contributed by atoms with van der Waals surface area (Å²) < 4.78 is 1.94. The smallest absolute Gasteiger partial charge is 0.191 e. The molecular weight excluding hydrogens is 294 g/mol. The van der Waals surface area contributed by atoms with Crippen molar-refractivity contribution in [3.63, 3.8) is 0 Å². The van der Waals surface area contributed by atoms with Crippen LogP contribution < -0.4 is 0 Å². The lowest BCUT2D eigenvalue weighted by atomic mass is 10.1. The minimum absolute atomic E-state index is 0.321. The van der Waals surface area contributed by atoms with Crippen LogP contribution in [0.3, 0.4) is 0 Å². The molecule has 3 nitrogen and oxygen atoms in total. The van der Waals surface area contributed by atoms with Gasteiger partial charge >= 0.3 is 0 Å². The van der Waals surface area contributed by atoms with E-state index in [1.807, 2.05) is 11.6 Å². The normalized spacial score (nSPS) is 12.6. The molecule has 5 heteroatoms. The van der Waals surface area contributed by atoms with Crippen LogP contribution in [0.25, 0.3) is 0 Å². The van der Waals surface area contributed by atoms with Gasteiger partial charge in [-0.1, -0.05) is 49.5 Å². The van der Waals surface area contributed by atoms with Gasteiger partial charge < -0.3 is 4.57 Å². The average Bonchev–Trinajstić information content (AvgIpc) is 2.81. The summed E-state index contributed by atoms with van der Waals surface area (Å²) in [6.07, 6.45) is 1.73. The molecule has 0 aliphatic carbocycles. The Bertz CT molecular complexity index is 677. The van der Waals surface area contributed by atoms with Crippen LogP contribution in [0.5, 0.6) is 0 Å². The van der Waals surface area contributed by atoms with E-state index >= 15 is 0 Å². The summed E-state index contributed by atoms with van der Waals surface area (Å²) in [6, 6.07) is 8.49. The molecule has 1 aromatic heterocycles. The maximum Gasteiger partial charge on any atom is 0.191 e. The first-order chi connectivity index (χ1) is 9.85. The fourth-order valence-electron chi connectivity index (χ4n) is 1.73. The van der Waals surface area contributed by atoms with Crippen molar-refractivity contribution in [2.75, 3.05) is 0 Å². The van der Waals surface area contributed by atoms with Crippen molar-refractivity contribution < 1.29 is 0 Å². The Kier molecular flexibility index (Phi) is 4.91. The van der Waals surface area contributed by atoms with Crippen LogP contribution >= 0.6 is 11.8 Å². The van der Waals surface area contributed by atoms with Crippen LogP contribution in [0.1, 0.15) is 23.3 Å². The SMILES string of the molecule is CC(Sc1nncn1C)c1cccc(C#C[Si](C)(C)C)c1. The summed E-state index contributed by atoms with van der Waals surface area (Å²) in [5, 5.41) is 9.30. The number of thioether (sulfide) groups is 1. The maximum absolute atomic E-state index is 4.13. The minimum atomic E-state index is -1.33. The summed E-state index contributed by atoms with van der Waals surface area (Å²) in [4.78, 5) is 0. The molecule has 21 heavy (non-hydrogen) atoms. The van der Waals surface area contributed by atoms with Gasteiger partial charge in [-0.05, 0) is 24.6 Å². The molecule has 0 aliphatic rings. The Labute approximate surface area is 132 Å². The second-order valence-electron chi connectivity index (χ2n) is 6.11. The first-order valence-electron chi connectivity index (χ1n) is 6.99. The highest BCUT2D eigenvalue weighted by atomic mass is 32.2. The lowest BCUT2D eigenvalue weighted by Gasteiger charge is -2.11. The first kappa shape index (κ1) is 15.9. The maximum atomic E-state index is 4.13. The number of rotatable bonds is 3. The van der Waals surface area contributed by atoms with Crippen molar-refractivity contribution in [3.05, 3.63) is 41.7 Å². The van der Waals surface area contributed by atoms with Crippen molar-refractivity contribution >= 4 is 19.8 Å². The third kappa shape index (κ3) is 4.76. The molecule has 0 N–H and O–H groups in total. The second kappa shape index (κ2) is 6.50. The van der Waals surface area contributed by atoms with Gasteiger partial charge in [-0.15, -0.1) is 15.7 Å². The van der Waals surface area contributed by atoms with E-state index in [0.29, 0.717) is 5.25 Å². The lowest BCUT2D eigenvalue weighted by Crippen LogP contribution is -2.16. The van der Waals surface area contributed by atoms with Crippen LogP contribution in [0, 0.1) is 11.5 Å². The van der Waals surface area contributed by atoms with Gasteiger partial charge in [0.2, 0.25) is 0 Å². The Morgan fingerprint density at radius 2 is 2.05 bits per heavy atom. The van der Waals surface area contributed by atoms with Crippen LogP contribution in [0.15, 0.2) is 35.7 Å². The molecule has 1 heterocycles. The number of benzene rings is 1. The van der Waals surface area contributed by atoms with Crippen molar-refractivity contribution in [3.8, 4) is 11.5 Å². The third-order valence-corrected chi connectivity index (χ3v) is 4.97. The molecule has 0 radical (unpaired) electrons. The van der Waals surface area contributed by atoms with Crippen LogP contribution in [-0.2, 0) is 7.05 Å². The van der Waals surface area contributed by atoms with E-state index in [1.165, 1.54) is 5.56 Å². The topological polar surface area (TPSA) is 30.7 Å². The molecular formula is C16H21N3SSi. The Balaban J connectivity index is 2.16. The predicted octanol–water partition coefficient (Wildman–Crippen LogP) is 3.90. The highest BCUT2D eigenvalue weighted by molar-refractivity contribution is 7.99. The summed E-state index contributed by atoms with van der Waals surface area (Å²) >= 11 is 1.71. The van der Waals surface area contributed by atoms with Crippen LogP contribution in [0.2, 0.25) is 19.6 Å². The highest BCUT2D eigenvalue weighted by Crippen LogP contribution is 2.33. The zero-order chi connectivity index (χ0) is 15.5. The molecule has 0 amide bonds. The molecule has 110 valence electrons. The zero-order valence-electron chi connectivity index (χ0n) is 13.2. The van der Waals surface area contributed by atoms with E-state index in [2.05, 4.69) is 72.5 Å². The van der Waals surface area contributed by atoms with Gasteiger partial charge in [-0.2, -0.15) is 0 Å². The van der Waals surface area contributed by atoms with E-state index in [9.17, 15) is 0 Å².